The van der Waals surface area contributed by atoms with Crippen molar-refractivity contribution >= 4 is 35.6 Å². The van der Waals surface area contributed by atoms with Crippen LogP contribution in [-0.4, -0.2) is 18.4 Å². The largest absolute Gasteiger partial charge is 0.330 e. The zero-order valence-corrected chi connectivity index (χ0v) is 10.3. The van der Waals surface area contributed by atoms with Gasteiger partial charge in [0.1, 0.15) is 0 Å². The Morgan fingerprint density at radius 1 is 1.24 bits per heavy atom. The first-order valence-electron chi connectivity index (χ1n) is 4.99. The van der Waals surface area contributed by atoms with Crippen molar-refractivity contribution in [3.05, 3.63) is 24.3 Å². The molecule has 6 heteroatoms. The third kappa shape index (κ3) is 5.89. The van der Waals surface area contributed by atoms with Gasteiger partial charge in [0, 0.05) is 31.3 Å². The van der Waals surface area contributed by atoms with E-state index in [1.807, 2.05) is 0 Å². The van der Waals surface area contributed by atoms with Crippen molar-refractivity contribution in [2.75, 3.05) is 17.2 Å². The molecule has 2 amide bonds. The Morgan fingerprint density at radius 2 is 1.82 bits per heavy atom. The number of amides is 2. The molecule has 94 valence electrons. The van der Waals surface area contributed by atoms with Crippen LogP contribution in [0.2, 0.25) is 0 Å². The summed E-state index contributed by atoms with van der Waals surface area (Å²) in [5.41, 5.74) is 6.56. The van der Waals surface area contributed by atoms with Gasteiger partial charge in [0.15, 0.2) is 0 Å². The molecule has 0 aliphatic carbocycles. The number of carbonyl (C=O) groups excluding carboxylic acids is 2. The second-order valence-electron chi connectivity index (χ2n) is 3.35. The topological polar surface area (TPSA) is 84.2 Å². The van der Waals surface area contributed by atoms with E-state index in [-0.39, 0.29) is 30.6 Å². The fourth-order valence-electron chi connectivity index (χ4n) is 1.23. The summed E-state index contributed by atoms with van der Waals surface area (Å²) in [4.78, 5) is 22.1. The summed E-state index contributed by atoms with van der Waals surface area (Å²) in [6, 6.07) is 6.94. The number of rotatable bonds is 4. The van der Waals surface area contributed by atoms with Crippen LogP contribution in [0.3, 0.4) is 0 Å². The highest BCUT2D eigenvalue weighted by Gasteiger charge is 2.02. The zero-order valence-electron chi connectivity index (χ0n) is 9.53. The highest BCUT2D eigenvalue weighted by molar-refractivity contribution is 5.93. The Balaban J connectivity index is 0.00000256. The van der Waals surface area contributed by atoms with Gasteiger partial charge in [0.05, 0.1) is 0 Å². The number of nitrogens with two attached hydrogens (primary N) is 1. The Labute approximate surface area is 106 Å². The molecule has 0 saturated carbocycles. The van der Waals surface area contributed by atoms with Crippen molar-refractivity contribution in [1.29, 1.82) is 0 Å². The summed E-state index contributed by atoms with van der Waals surface area (Å²) in [7, 11) is 0. The van der Waals surface area contributed by atoms with E-state index in [4.69, 9.17) is 5.73 Å². The number of carbonyl (C=O) groups is 2. The summed E-state index contributed by atoms with van der Waals surface area (Å²) >= 11 is 0. The molecule has 0 unspecified atom stereocenters. The van der Waals surface area contributed by atoms with E-state index in [9.17, 15) is 9.59 Å². The predicted molar refractivity (Wildman–Crippen MR) is 70.3 cm³/mol. The molecular weight excluding hydrogens is 242 g/mol. The molecule has 1 rings (SSSR count). The van der Waals surface area contributed by atoms with E-state index in [2.05, 4.69) is 10.6 Å². The maximum Gasteiger partial charge on any atom is 0.225 e. The van der Waals surface area contributed by atoms with E-state index in [1.54, 1.807) is 24.3 Å². The molecule has 1 aromatic carbocycles. The maximum absolute atomic E-state index is 11.3. The van der Waals surface area contributed by atoms with Crippen molar-refractivity contribution in [3.63, 3.8) is 0 Å². The summed E-state index contributed by atoms with van der Waals surface area (Å²) in [6.07, 6.45) is 0.282. The van der Waals surface area contributed by atoms with Crippen molar-refractivity contribution < 1.29 is 9.59 Å². The van der Waals surface area contributed by atoms with Crippen LogP contribution in [0.1, 0.15) is 13.3 Å². The van der Waals surface area contributed by atoms with Crippen LogP contribution in [0.5, 0.6) is 0 Å². The molecule has 0 spiro atoms. The molecule has 0 aliphatic heterocycles. The van der Waals surface area contributed by atoms with E-state index >= 15 is 0 Å². The van der Waals surface area contributed by atoms with Crippen LogP contribution in [0.4, 0.5) is 11.4 Å². The lowest BCUT2D eigenvalue weighted by molar-refractivity contribution is -0.116. The van der Waals surface area contributed by atoms with Crippen molar-refractivity contribution in [2.24, 2.45) is 5.73 Å². The highest BCUT2D eigenvalue weighted by Crippen LogP contribution is 2.14. The molecule has 4 N–H and O–H groups in total. The summed E-state index contributed by atoms with van der Waals surface area (Å²) in [5.74, 6) is -0.284. The number of hydrogen-bond donors (Lipinski definition) is 3. The molecule has 0 atom stereocenters. The molecule has 0 aromatic heterocycles. The van der Waals surface area contributed by atoms with Crippen molar-refractivity contribution in [1.82, 2.24) is 0 Å². The van der Waals surface area contributed by atoms with Gasteiger partial charge in [0.25, 0.3) is 0 Å². The lowest BCUT2D eigenvalue weighted by atomic mass is 10.2. The van der Waals surface area contributed by atoms with Crippen molar-refractivity contribution in [2.45, 2.75) is 13.3 Å². The molecule has 0 radical (unpaired) electrons. The first-order valence-corrected chi connectivity index (χ1v) is 4.99. The van der Waals surface area contributed by atoms with E-state index < -0.39 is 0 Å². The number of benzene rings is 1. The molecule has 1 aromatic rings. The third-order valence-corrected chi connectivity index (χ3v) is 1.84. The molecule has 5 nitrogen and oxygen atoms in total. The minimum absolute atomic E-state index is 0. The fraction of sp³-hybridized carbons (Fsp3) is 0.273. The minimum atomic E-state index is -0.148. The summed E-state index contributed by atoms with van der Waals surface area (Å²) in [6.45, 7) is 1.75. The second-order valence-corrected chi connectivity index (χ2v) is 3.35. The molecule has 0 fully saturated rings. The number of anilines is 2. The first kappa shape index (κ1) is 15.4. The summed E-state index contributed by atoms with van der Waals surface area (Å²) < 4.78 is 0. The standard InChI is InChI=1S/C11H15N3O2.ClH/c1-8(15)13-9-3-2-4-10(7-9)14-11(16)5-6-12;/h2-4,7H,5-6,12H2,1H3,(H,13,15)(H,14,16);1H. The molecule has 0 saturated heterocycles. The van der Waals surface area contributed by atoms with Crippen molar-refractivity contribution in [3.8, 4) is 0 Å². The monoisotopic (exact) mass is 257 g/mol. The van der Waals surface area contributed by atoms with Crippen LogP contribution >= 0.6 is 12.4 Å². The van der Waals surface area contributed by atoms with E-state index in [0.717, 1.165) is 0 Å². The van der Waals surface area contributed by atoms with Gasteiger partial charge < -0.3 is 16.4 Å². The Kier molecular flexibility index (Phi) is 6.93. The fourth-order valence-corrected chi connectivity index (χ4v) is 1.23. The zero-order chi connectivity index (χ0) is 12.0. The SMILES string of the molecule is CC(=O)Nc1cccc(NC(=O)CCN)c1.Cl. The predicted octanol–water partition coefficient (Wildman–Crippen LogP) is 1.35. The first-order chi connectivity index (χ1) is 7.61. The van der Waals surface area contributed by atoms with Gasteiger partial charge in [-0.3, -0.25) is 9.59 Å². The quantitative estimate of drug-likeness (QED) is 0.761. The molecular formula is C11H16ClN3O2. The number of halogens is 1. The second kappa shape index (κ2) is 7.65. The average molecular weight is 258 g/mol. The minimum Gasteiger partial charge on any atom is -0.330 e. The number of nitrogens with one attached hydrogen (secondary N) is 2. The van der Waals surface area contributed by atoms with Gasteiger partial charge in [0.2, 0.25) is 11.8 Å². The van der Waals surface area contributed by atoms with Crippen LogP contribution in [-0.2, 0) is 9.59 Å². The van der Waals surface area contributed by atoms with Crippen LogP contribution in [0.25, 0.3) is 0 Å². The van der Waals surface area contributed by atoms with Crippen LogP contribution in [0.15, 0.2) is 24.3 Å². The number of hydrogen-bond acceptors (Lipinski definition) is 3. The smallest absolute Gasteiger partial charge is 0.225 e. The Bertz CT molecular complexity index is 396. The van der Waals surface area contributed by atoms with Crippen LogP contribution in [0, 0.1) is 0 Å². The molecule has 0 aliphatic rings. The molecule has 17 heavy (non-hydrogen) atoms. The van der Waals surface area contributed by atoms with Gasteiger partial charge in [-0.1, -0.05) is 6.07 Å². The normalized spacial score (nSPS) is 9.06. The van der Waals surface area contributed by atoms with Crippen LogP contribution < -0.4 is 16.4 Å². The Hall–Kier alpha value is -1.59. The van der Waals surface area contributed by atoms with Gasteiger partial charge in [-0.05, 0) is 18.2 Å². The van der Waals surface area contributed by atoms with Gasteiger partial charge in [-0.15, -0.1) is 12.4 Å². The molecule has 0 bridgehead atoms. The average Bonchev–Trinajstić information content (AvgIpc) is 2.17. The van der Waals surface area contributed by atoms with E-state index in [1.165, 1.54) is 6.92 Å². The lowest BCUT2D eigenvalue weighted by Crippen LogP contribution is -2.16. The summed E-state index contributed by atoms with van der Waals surface area (Å²) in [5, 5.41) is 5.32. The van der Waals surface area contributed by atoms with Gasteiger partial charge >= 0.3 is 0 Å². The lowest BCUT2D eigenvalue weighted by Gasteiger charge is -2.07. The van der Waals surface area contributed by atoms with Gasteiger partial charge in [-0.2, -0.15) is 0 Å². The highest BCUT2D eigenvalue weighted by atomic mass is 35.5. The van der Waals surface area contributed by atoms with E-state index in [0.29, 0.717) is 17.9 Å². The third-order valence-electron chi connectivity index (χ3n) is 1.84. The maximum atomic E-state index is 11.3. The van der Waals surface area contributed by atoms with Gasteiger partial charge in [-0.25, -0.2) is 0 Å². The molecule has 0 heterocycles. The Morgan fingerprint density at radius 3 is 2.35 bits per heavy atom.